The Morgan fingerprint density at radius 2 is 1.84 bits per heavy atom. The fourth-order valence-corrected chi connectivity index (χ4v) is 5.44. The Balaban J connectivity index is 1.81. The summed E-state index contributed by atoms with van der Waals surface area (Å²) in [5.74, 6) is -0.0384. The molecule has 2 aromatic carbocycles. The average Bonchev–Trinajstić information content (AvgIpc) is 2.78. The number of benzene rings is 2. The molecule has 2 aliphatic rings. The highest BCUT2D eigenvalue weighted by atomic mass is 35.5. The van der Waals surface area contributed by atoms with Crippen molar-refractivity contribution in [2.75, 3.05) is 6.61 Å². The number of ether oxygens (including phenoxy) is 3. The van der Waals surface area contributed by atoms with Crippen LogP contribution >= 0.6 is 11.6 Å². The number of esters is 1. The number of carbonyl (C=O) groups excluding carboxylic acids is 2. The maximum atomic E-state index is 13.5. The van der Waals surface area contributed by atoms with Crippen molar-refractivity contribution in [1.29, 1.82) is 0 Å². The molecule has 0 saturated heterocycles. The molecule has 0 fully saturated rings. The summed E-state index contributed by atoms with van der Waals surface area (Å²) in [6, 6.07) is 9.56. The minimum Gasteiger partial charge on any atom is -0.489 e. The zero-order valence-electron chi connectivity index (χ0n) is 22.3. The molecule has 1 aliphatic heterocycles. The predicted octanol–water partition coefficient (Wildman–Crippen LogP) is 6.33. The second kappa shape index (κ2) is 10.3. The van der Waals surface area contributed by atoms with Crippen LogP contribution in [0.1, 0.15) is 67.3 Å². The highest BCUT2D eigenvalue weighted by molar-refractivity contribution is 6.30. The van der Waals surface area contributed by atoms with E-state index in [0.717, 1.165) is 33.6 Å². The number of aryl methyl sites for hydroxylation is 3. The van der Waals surface area contributed by atoms with Crippen LogP contribution in [0.3, 0.4) is 0 Å². The number of allylic oxidation sites excluding steroid dienone is 2. The van der Waals surface area contributed by atoms with E-state index in [0.29, 0.717) is 35.8 Å². The highest BCUT2D eigenvalue weighted by Crippen LogP contribution is 2.49. The van der Waals surface area contributed by atoms with E-state index in [4.69, 9.17) is 31.5 Å². The van der Waals surface area contributed by atoms with Gasteiger partial charge >= 0.3 is 5.97 Å². The summed E-state index contributed by atoms with van der Waals surface area (Å²) in [7, 11) is 0. The molecule has 2 aromatic rings. The van der Waals surface area contributed by atoms with Crippen molar-refractivity contribution in [3.63, 3.8) is 0 Å². The quantitative estimate of drug-likeness (QED) is 0.445. The summed E-state index contributed by atoms with van der Waals surface area (Å²) in [5, 5.41) is 0.651. The molecule has 0 bridgehead atoms. The van der Waals surface area contributed by atoms with E-state index in [2.05, 4.69) is 6.07 Å². The lowest BCUT2D eigenvalue weighted by Gasteiger charge is -2.38. The Bertz CT molecular complexity index is 1340. The van der Waals surface area contributed by atoms with Gasteiger partial charge < -0.3 is 19.9 Å². The zero-order chi connectivity index (χ0) is 27.1. The van der Waals surface area contributed by atoms with Gasteiger partial charge in [0.15, 0.2) is 5.78 Å². The molecule has 1 atom stereocenters. The minimum absolute atomic E-state index is 0.0118. The Morgan fingerprint density at radius 3 is 2.51 bits per heavy atom. The van der Waals surface area contributed by atoms with Gasteiger partial charge in [-0.15, -0.1) is 0 Å². The first-order valence-electron chi connectivity index (χ1n) is 12.5. The summed E-state index contributed by atoms with van der Waals surface area (Å²) >= 11 is 6.09. The van der Waals surface area contributed by atoms with Crippen LogP contribution in [0.4, 0.5) is 0 Å². The maximum Gasteiger partial charge on any atom is 0.340 e. The number of hydrogen-bond donors (Lipinski definition) is 1. The van der Waals surface area contributed by atoms with Crippen molar-refractivity contribution < 1.29 is 23.8 Å². The number of carbonyl (C=O) groups is 2. The van der Waals surface area contributed by atoms with Crippen molar-refractivity contribution in [2.45, 2.75) is 66.9 Å². The lowest BCUT2D eigenvalue weighted by atomic mass is 9.69. The third-order valence-corrected chi connectivity index (χ3v) is 7.24. The molecule has 4 rings (SSSR count). The fraction of sp³-hybridized carbons (Fsp3) is 0.400. The largest absolute Gasteiger partial charge is 0.489 e. The molecular formula is C30H34ClNO5. The number of ketones is 1. The third kappa shape index (κ3) is 5.40. The van der Waals surface area contributed by atoms with Gasteiger partial charge in [-0.1, -0.05) is 37.6 Å². The summed E-state index contributed by atoms with van der Waals surface area (Å²) in [6.07, 6.45) is 0.913. The van der Waals surface area contributed by atoms with E-state index in [1.807, 2.05) is 52.8 Å². The van der Waals surface area contributed by atoms with E-state index in [-0.39, 0.29) is 29.3 Å². The molecule has 0 amide bonds. The molecule has 196 valence electrons. The third-order valence-electron chi connectivity index (χ3n) is 7.01. The van der Waals surface area contributed by atoms with Crippen molar-refractivity contribution >= 4 is 23.4 Å². The van der Waals surface area contributed by atoms with Gasteiger partial charge in [0, 0.05) is 23.4 Å². The lowest BCUT2D eigenvalue weighted by Crippen LogP contribution is -2.36. The molecule has 0 aromatic heterocycles. The lowest BCUT2D eigenvalue weighted by molar-refractivity contribution is -0.139. The molecule has 1 heterocycles. The molecule has 1 aliphatic carbocycles. The van der Waals surface area contributed by atoms with Crippen LogP contribution in [-0.4, -0.2) is 18.4 Å². The summed E-state index contributed by atoms with van der Waals surface area (Å²) in [4.78, 5) is 26.6. The van der Waals surface area contributed by atoms with Gasteiger partial charge in [0.1, 0.15) is 23.7 Å². The van der Waals surface area contributed by atoms with Crippen LogP contribution in [0.25, 0.3) is 0 Å². The first kappa shape index (κ1) is 26.8. The number of rotatable bonds is 6. The van der Waals surface area contributed by atoms with Gasteiger partial charge in [-0.05, 0) is 79.1 Å². The van der Waals surface area contributed by atoms with Gasteiger partial charge in [0.25, 0.3) is 0 Å². The molecule has 0 radical (unpaired) electrons. The maximum absolute atomic E-state index is 13.5. The van der Waals surface area contributed by atoms with Crippen molar-refractivity contribution in [3.05, 3.63) is 86.0 Å². The van der Waals surface area contributed by atoms with E-state index < -0.39 is 11.9 Å². The first-order valence-corrected chi connectivity index (χ1v) is 12.9. The van der Waals surface area contributed by atoms with E-state index in [9.17, 15) is 9.59 Å². The van der Waals surface area contributed by atoms with Crippen LogP contribution in [0.5, 0.6) is 5.75 Å². The summed E-state index contributed by atoms with van der Waals surface area (Å²) in [6.45, 7) is 12.2. The molecule has 6 nitrogen and oxygen atoms in total. The minimum atomic E-state index is -0.678. The van der Waals surface area contributed by atoms with Crippen LogP contribution in [0.2, 0.25) is 5.02 Å². The Kier molecular flexibility index (Phi) is 7.43. The molecular weight excluding hydrogens is 490 g/mol. The Labute approximate surface area is 223 Å². The zero-order valence-corrected chi connectivity index (χ0v) is 23.0. The first-order chi connectivity index (χ1) is 17.4. The molecule has 1 unspecified atom stereocenters. The van der Waals surface area contributed by atoms with Crippen LogP contribution in [0.15, 0.2) is 53.1 Å². The molecule has 37 heavy (non-hydrogen) atoms. The van der Waals surface area contributed by atoms with Crippen LogP contribution in [-0.2, 0) is 25.7 Å². The molecule has 0 saturated carbocycles. The topological polar surface area (TPSA) is 87.9 Å². The van der Waals surface area contributed by atoms with Crippen molar-refractivity contribution in [3.8, 4) is 5.75 Å². The van der Waals surface area contributed by atoms with E-state index >= 15 is 0 Å². The SMILES string of the molecule is CCOC(=O)C1=C(N)OC2=C(C(=O)CC(C)(C)C2)C1c1cc(COc2ccc(Cl)cc2C)c(C)cc1C. The Morgan fingerprint density at radius 1 is 1.11 bits per heavy atom. The second-order valence-corrected chi connectivity index (χ2v) is 11.1. The molecule has 2 N–H and O–H groups in total. The normalized spacial score (nSPS) is 18.9. The second-order valence-electron chi connectivity index (χ2n) is 10.6. The van der Waals surface area contributed by atoms with Crippen molar-refractivity contribution in [2.24, 2.45) is 11.1 Å². The summed E-state index contributed by atoms with van der Waals surface area (Å²) < 4.78 is 17.4. The smallest absolute Gasteiger partial charge is 0.340 e. The van der Waals surface area contributed by atoms with Gasteiger partial charge in [0.2, 0.25) is 5.88 Å². The van der Waals surface area contributed by atoms with Gasteiger partial charge in [-0.3, -0.25) is 4.79 Å². The van der Waals surface area contributed by atoms with Crippen LogP contribution < -0.4 is 10.5 Å². The Hall–Kier alpha value is -3.25. The van der Waals surface area contributed by atoms with E-state index in [1.54, 1.807) is 13.0 Å². The van der Waals surface area contributed by atoms with Gasteiger partial charge in [-0.25, -0.2) is 4.79 Å². The fourth-order valence-electron chi connectivity index (χ4n) is 5.22. The number of hydrogen-bond acceptors (Lipinski definition) is 6. The van der Waals surface area contributed by atoms with E-state index in [1.165, 1.54) is 0 Å². The van der Waals surface area contributed by atoms with Crippen LogP contribution in [0, 0.1) is 26.2 Å². The average molecular weight is 524 g/mol. The monoisotopic (exact) mass is 523 g/mol. The predicted molar refractivity (Wildman–Crippen MR) is 143 cm³/mol. The molecule has 0 spiro atoms. The van der Waals surface area contributed by atoms with Gasteiger partial charge in [0.05, 0.1) is 12.5 Å². The molecule has 7 heteroatoms. The van der Waals surface area contributed by atoms with Gasteiger partial charge in [-0.2, -0.15) is 0 Å². The number of nitrogens with two attached hydrogens (primary N) is 1. The number of halogens is 1. The standard InChI is InChI=1S/C30H34ClNO5/c1-7-35-29(34)27-25(26-22(33)13-30(5,6)14-24(26)37-28(27)32)21-12-19(16(2)10-17(21)3)15-36-23-9-8-20(31)11-18(23)4/h8-12,25H,7,13-15,32H2,1-6H3. The summed E-state index contributed by atoms with van der Waals surface area (Å²) in [5.41, 5.74) is 11.4. The van der Waals surface area contributed by atoms with Crippen molar-refractivity contribution in [1.82, 2.24) is 0 Å². The number of Topliss-reactive ketones (excluding diaryl/α,β-unsaturated/α-hetero) is 1. The highest BCUT2D eigenvalue weighted by Gasteiger charge is 2.45.